The fourth-order valence-electron chi connectivity index (χ4n) is 8.18. The van der Waals surface area contributed by atoms with Crippen LogP contribution in [0.25, 0.3) is 97.4 Å². The lowest BCUT2D eigenvalue weighted by molar-refractivity contribution is 1.18. The Morgan fingerprint density at radius 1 is 0.314 bits per heavy atom. The van der Waals surface area contributed by atoms with Crippen molar-refractivity contribution in [3.63, 3.8) is 0 Å². The van der Waals surface area contributed by atoms with Crippen LogP contribution < -0.4 is 0 Å². The van der Waals surface area contributed by atoms with Gasteiger partial charge >= 0.3 is 0 Å². The lowest BCUT2D eigenvalue weighted by atomic mass is 9.99. The van der Waals surface area contributed by atoms with E-state index in [-0.39, 0.29) is 0 Å². The number of aromatic nitrogens is 2. The zero-order chi connectivity index (χ0) is 33.5. The molecular weight excluding hydrogens is 637 g/mol. The molecular formula is C48H30N2S. The molecule has 3 heteroatoms. The van der Waals surface area contributed by atoms with Crippen molar-refractivity contribution in [2.75, 3.05) is 0 Å². The molecule has 11 rings (SSSR count). The Labute approximate surface area is 298 Å². The molecule has 0 saturated carbocycles. The van der Waals surface area contributed by atoms with Gasteiger partial charge in [0, 0.05) is 53.1 Å². The van der Waals surface area contributed by atoms with Gasteiger partial charge in [0.25, 0.3) is 0 Å². The number of thiophene rings is 1. The predicted octanol–water partition coefficient (Wildman–Crippen LogP) is 13.6. The monoisotopic (exact) mass is 666 g/mol. The molecule has 11 aromatic rings. The Bertz CT molecular complexity index is 3100. The van der Waals surface area contributed by atoms with E-state index in [4.69, 9.17) is 0 Å². The molecule has 0 aliphatic carbocycles. The maximum atomic E-state index is 2.42. The first kappa shape index (κ1) is 28.4. The quantitative estimate of drug-likeness (QED) is 0.177. The van der Waals surface area contributed by atoms with E-state index in [2.05, 4.69) is 191 Å². The average Bonchev–Trinajstić information content (AvgIpc) is 3.86. The highest BCUT2D eigenvalue weighted by Gasteiger charge is 2.18. The lowest BCUT2D eigenvalue weighted by Crippen LogP contribution is -1.93. The number of fused-ring (bicyclic) bond motifs is 10. The highest BCUT2D eigenvalue weighted by Crippen LogP contribution is 2.43. The van der Waals surface area contributed by atoms with Gasteiger partial charge in [-0.3, -0.25) is 0 Å². The van der Waals surface area contributed by atoms with Gasteiger partial charge in [0.2, 0.25) is 0 Å². The van der Waals surface area contributed by atoms with E-state index in [1.54, 1.807) is 0 Å². The van der Waals surface area contributed by atoms with E-state index in [1.807, 2.05) is 11.3 Å². The third kappa shape index (κ3) is 4.29. The number of rotatable bonds is 4. The summed E-state index contributed by atoms with van der Waals surface area (Å²) in [6, 6.07) is 66.5. The van der Waals surface area contributed by atoms with E-state index in [0.29, 0.717) is 0 Å². The summed E-state index contributed by atoms with van der Waals surface area (Å²) in [7, 11) is 0. The van der Waals surface area contributed by atoms with Crippen LogP contribution in [0.2, 0.25) is 0 Å². The maximum absolute atomic E-state index is 2.42. The van der Waals surface area contributed by atoms with Crippen molar-refractivity contribution >= 4 is 75.1 Å². The lowest BCUT2D eigenvalue weighted by Gasteiger charge is -2.10. The van der Waals surface area contributed by atoms with Crippen molar-refractivity contribution in [1.82, 2.24) is 9.13 Å². The molecule has 3 aromatic heterocycles. The predicted molar refractivity (Wildman–Crippen MR) is 219 cm³/mol. The summed E-state index contributed by atoms with van der Waals surface area (Å²) in [5, 5.41) is 7.85. The first-order valence-corrected chi connectivity index (χ1v) is 18.3. The number of nitrogens with zero attached hydrogens (tertiary/aromatic N) is 2. The molecule has 0 bridgehead atoms. The van der Waals surface area contributed by atoms with Gasteiger partial charge in [-0.2, -0.15) is 0 Å². The van der Waals surface area contributed by atoms with Crippen LogP contribution in [0.3, 0.4) is 0 Å². The van der Waals surface area contributed by atoms with Gasteiger partial charge in [0.1, 0.15) is 0 Å². The molecule has 0 fully saturated rings. The van der Waals surface area contributed by atoms with Crippen LogP contribution in [0.4, 0.5) is 0 Å². The molecule has 0 atom stereocenters. The SMILES string of the molecule is c1ccc(-n2c3ccccc3c3cc(-c4ccc(-c5ccc(-n6c7ccccc7c7c8sc9ccccc9c8ccc76)cc5)cc4)ccc32)cc1. The fourth-order valence-corrected chi connectivity index (χ4v) is 9.44. The molecule has 0 aliphatic rings. The maximum Gasteiger partial charge on any atom is 0.0555 e. The Kier molecular flexibility index (Phi) is 6.16. The molecule has 2 nitrogen and oxygen atoms in total. The van der Waals surface area contributed by atoms with E-state index in [9.17, 15) is 0 Å². The topological polar surface area (TPSA) is 9.86 Å². The van der Waals surface area contributed by atoms with Crippen molar-refractivity contribution in [3.05, 3.63) is 182 Å². The van der Waals surface area contributed by atoms with Crippen LogP contribution in [-0.2, 0) is 0 Å². The highest BCUT2D eigenvalue weighted by atomic mass is 32.1. The zero-order valence-electron chi connectivity index (χ0n) is 27.6. The van der Waals surface area contributed by atoms with Gasteiger partial charge < -0.3 is 9.13 Å². The first-order chi connectivity index (χ1) is 25.3. The van der Waals surface area contributed by atoms with Crippen molar-refractivity contribution in [2.24, 2.45) is 0 Å². The van der Waals surface area contributed by atoms with Gasteiger partial charge in [0.05, 0.1) is 22.1 Å². The van der Waals surface area contributed by atoms with Gasteiger partial charge in [-0.05, 0) is 82.9 Å². The highest BCUT2D eigenvalue weighted by molar-refractivity contribution is 7.26. The molecule has 0 radical (unpaired) electrons. The molecule has 0 spiro atoms. The third-order valence-electron chi connectivity index (χ3n) is 10.5. The number of hydrogen-bond donors (Lipinski definition) is 0. The largest absolute Gasteiger partial charge is 0.309 e. The zero-order valence-corrected chi connectivity index (χ0v) is 28.4. The van der Waals surface area contributed by atoms with Gasteiger partial charge in [-0.1, -0.05) is 121 Å². The Morgan fingerprint density at radius 3 is 1.59 bits per heavy atom. The average molecular weight is 667 g/mol. The fraction of sp³-hybridized carbons (Fsp3) is 0. The third-order valence-corrected chi connectivity index (χ3v) is 11.7. The van der Waals surface area contributed by atoms with E-state index < -0.39 is 0 Å². The standard InChI is InChI=1S/C48H30N2S/c1-2-10-35(11-3-1)49-42-15-7-4-12-37(42)41-30-34(24-28-44(41)49)33-20-18-31(19-21-33)32-22-25-36(26-23-32)50-43-16-8-5-14-40(43)47-45(50)29-27-39-38-13-6-9-17-46(38)51-48(39)47/h1-30H. The van der Waals surface area contributed by atoms with Crippen molar-refractivity contribution < 1.29 is 0 Å². The normalized spacial score (nSPS) is 11.9. The summed E-state index contributed by atoms with van der Waals surface area (Å²) in [4.78, 5) is 0. The molecule has 51 heavy (non-hydrogen) atoms. The molecule has 0 amide bonds. The summed E-state index contributed by atoms with van der Waals surface area (Å²) in [6.45, 7) is 0. The second-order valence-corrected chi connectivity index (χ2v) is 14.4. The van der Waals surface area contributed by atoms with Crippen LogP contribution in [0.5, 0.6) is 0 Å². The van der Waals surface area contributed by atoms with Crippen LogP contribution in [0.15, 0.2) is 182 Å². The van der Waals surface area contributed by atoms with Gasteiger partial charge in [0.15, 0.2) is 0 Å². The first-order valence-electron chi connectivity index (χ1n) is 17.4. The van der Waals surface area contributed by atoms with Gasteiger partial charge in [-0.15, -0.1) is 11.3 Å². The summed E-state index contributed by atoms with van der Waals surface area (Å²) in [5.41, 5.74) is 12.1. The summed E-state index contributed by atoms with van der Waals surface area (Å²) >= 11 is 1.90. The minimum Gasteiger partial charge on any atom is -0.309 e. The number of hydrogen-bond acceptors (Lipinski definition) is 1. The molecule has 238 valence electrons. The minimum atomic E-state index is 1.17. The van der Waals surface area contributed by atoms with Crippen LogP contribution >= 0.6 is 11.3 Å². The number of benzene rings is 8. The summed E-state index contributed by atoms with van der Waals surface area (Å²) in [6.07, 6.45) is 0. The van der Waals surface area contributed by atoms with E-state index >= 15 is 0 Å². The van der Waals surface area contributed by atoms with Crippen LogP contribution in [0.1, 0.15) is 0 Å². The number of para-hydroxylation sites is 3. The van der Waals surface area contributed by atoms with Crippen molar-refractivity contribution in [2.45, 2.75) is 0 Å². The minimum absolute atomic E-state index is 1.17. The molecule has 3 heterocycles. The summed E-state index contributed by atoms with van der Waals surface area (Å²) < 4.78 is 7.49. The second-order valence-electron chi connectivity index (χ2n) is 13.3. The molecule has 8 aromatic carbocycles. The molecule has 0 N–H and O–H groups in total. The second kappa shape index (κ2) is 11.0. The Morgan fingerprint density at radius 2 is 0.824 bits per heavy atom. The van der Waals surface area contributed by atoms with E-state index in [1.165, 1.54) is 97.4 Å². The Balaban J connectivity index is 0.962. The van der Waals surface area contributed by atoms with Gasteiger partial charge in [-0.25, -0.2) is 0 Å². The van der Waals surface area contributed by atoms with Crippen LogP contribution in [-0.4, -0.2) is 9.13 Å². The van der Waals surface area contributed by atoms with Crippen LogP contribution in [0, 0.1) is 0 Å². The smallest absolute Gasteiger partial charge is 0.0555 e. The van der Waals surface area contributed by atoms with E-state index in [0.717, 1.165) is 0 Å². The molecule has 0 aliphatic heterocycles. The molecule has 0 saturated heterocycles. The summed E-state index contributed by atoms with van der Waals surface area (Å²) in [5.74, 6) is 0. The van der Waals surface area contributed by atoms with Crippen molar-refractivity contribution in [3.8, 4) is 33.6 Å². The van der Waals surface area contributed by atoms with Crippen molar-refractivity contribution in [1.29, 1.82) is 0 Å². The molecule has 0 unspecified atom stereocenters. The Hall–Kier alpha value is -6.42.